The summed E-state index contributed by atoms with van der Waals surface area (Å²) in [7, 11) is 0. The van der Waals surface area contributed by atoms with Crippen molar-refractivity contribution >= 4 is 35.6 Å². The summed E-state index contributed by atoms with van der Waals surface area (Å²) in [6.07, 6.45) is 1.39. The van der Waals surface area contributed by atoms with Crippen molar-refractivity contribution in [2.45, 2.75) is 33.3 Å². The highest BCUT2D eigenvalue weighted by molar-refractivity contribution is 14.0. The number of likely N-dealkylation sites (tertiary alicyclic amines) is 1. The molecule has 0 spiro atoms. The van der Waals surface area contributed by atoms with Gasteiger partial charge in [-0.05, 0) is 63.5 Å². The average molecular weight is 432 g/mol. The van der Waals surface area contributed by atoms with Crippen molar-refractivity contribution < 1.29 is 4.74 Å². The minimum Gasteiger partial charge on any atom is -0.491 e. The van der Waals surface area contributed by atoms with Crippen molar-refractivity contribution in [3.8, 4) is 5.75 Å². The number of aliphatic imine (C=N–C) groups is 1. The zero-order chi connectivity index (χ0) is 15.9. The van der Waals surface area contributed by atoms with Gasteiger partial charge in [-0.3, -0.25) is 4.99 Å². The maximum Gasteiger partial charge on any atom is 0.193 e. The maximum absolute atomic E-state index is 5.96. The van der Waals surface area contributed by atoms with Gasteiger partial charge in [0, 0.05) is 18.8 Å². The fourth-order valence-electron chi connectivity index (χ4n) is 2.65. The lowest BCUT2D eigenvalue weighted by Crippen LogP contribution is -2.25. The van der Waals surface area contributed by atoms with Gasteiger partial charge in [-0.2, -0.15) is 0 Å². The molecular weight excluding hydrogens is 403 g/mol. The number of nitrogens with one attached hydrogen (secondary N) is 1. The van der Waals surface area contributed by atoms with Crippen molar-refractivity contribution in [1.29, 1.82) is 0 Å². The van der Waals surface area contributed by atoms with Crippen LogP contribution in [0.2, 0.25) is 0 Å². The van der Waals surface area contributed by atoms with Gasteiger partial charge in [0.25, 0.3) is 0 Å². The van der Waals surface area contributed by atoms with Crippen LogP contribution in [0.4, 0.5) is 5.69 Å². The van der Waals surface area contributed by atoms with E-state index in [0.29, 0.717) is 11.9 Å². The summed E-state index contributed by atoms with van der Waals surface area (Å²) in [4.78, 5) is 6.92. The Morgan fingerprint density at radius 2 is 2.09 bits per heavy atom. The molecule has 0 aliphatic carbocycles. The molecule has 2 rings (SSSR count). The Kier molecular flexibility index (Phi) is 8.68. The van der Waals surface area contributed by atoms with E-state index in [1.807, 2.05) is 38.1 Å². The second kappa shape index (κ2) is 9.97. The van der Waals surface area contributed by atoms with E-state index >= 15 is 0 Å². The molecule has 1 fully saturated rings. The van der Waals surface area contributed by atoms with Crippen molar-refractivity contribution in [2.24, 2.45) is 16.6 Å². The number of hydrogen-bond donors (Lipinski definition) is 2. The van der Waals surface area contributed by atoms with Crippen LogP contribution in [0.1, 0.15) is 27.2 Å². The van der Waals surface area contributed by atoms with Gasteiger partial charge in [-0.1, -0.05) is 6.92 Å². The molecule has 0 amide bonds. The van der Waals surface area contributed by atoms with E-state index in [9.17, 15) is 0 Å². The number of nitrogens with zero attached hydrogens (tertiary/aromatic N) is 2. The summed E-state index contributed by atoms with van der Waals surface area (Å²) in [5.74, 6) is 1.97. The summed E-state index contributed by atoms with van der Waals surface area (Å²) in [5, 5.41) is 3.13. The number of halogens is 1. The van der Waals surface area contributed by atoms with E-state index in [-0.39, 0.29) is 30.1 Å². The fourth-order valence-corrected chi connectivity index (χ4v) is 2.65. The van der Waals surface area contributed by atoms with Gasteiger partial charge in [0.1, 0.15) is 5.75 Å². The van der Waals surface area contributed by atoms with Crippen LogP contribution in [-0.2, 0) is 0 Å². The Labute approximate surface area is 156 Å². The normalized spacial score (nSPS) is 18.8. The number of anilines is 1. The topological polar surface area (TPSA) is 62.9 Å². The number of rotatable bonds is 6. The van der Waals surface area contributed by atoms with Crippen molar-refractivity contribution in [3.05, 3.63) is 24.3 Å². The first kappa shape index (κ1) is 20.0. The molecule has 23 heavy (non-hydrogen) atoms. The Bertz CT molecular complexity index is 490. The van der Waals surface area contributed by atoms with E-state index in [0.717, 1.165) is 31.1 Å². The van der Waals surface area contributed by atoms with Crippen LogP contribution in [0.15, 0.2) is 29.3 Å². The molecule has 1 atom stereocenters. The van der Waals surface area contributed by atoms with Gasteiger partial charge in [-0.25, -0.2) is 0 Å². The first-order valence-corrected chi connectivity index (χ1v) is 8.12. The monoisotopic (exact) mass is 432 g/mol. The van der Waals surface area contributed by atoms with E-state index < -0.39 is 0 Å². The Morgan fingerprint density at radius 3 is 2.65 bits per heavy atom. The Hall–Kier alpha value is -1.02. The highest BCUT2D eigenvalue weighted by Gasteiger charge is 2.20. The summed E-state index contributed by atoms with van der Waals surface area (Å²) in [6, 6.07) is 7.78. The van der Waals surface area contributed by atoms with Gasteiger partial charge in [0.2, 0.25) is 0 Å². The van der Waals surface area contributed by atoms with Crippen LogP contribution in [0.3, 0.4) is 0 Å². The Balaban J connectivity index is 0.00000264. The zero-order valence-electron chi connectivity index (χ0n) is 14.3. The lowest BCUT2D eigenvalue weighted by atomic mass is 10.1. The number of guanidine groups is 1. The van der Waals surface area contributed by atoms with Crippen LogP contribution in [-0.4, -0.2) is 43.1 Å². The van der Waals surface area contributed by atoms with Gasteiger partial charge >= 0.3 is 0 Å². The maximum atomic E-state index is 5.96. The highest BCUT2D eigenvalue weighted by atomic mass is 127. The van der Waals surface area contributed by atoms with Crippen LogP contribution >= 0.6 is 24.0 Å². The Morgan fingerprint density at radius 1 is 1.39 bits per heavy atom. The molecule has 130 valence electrons. The predicted molar refractivity (Wildman–Crippen MR) is 108 cm³/mol. The molecule has 1 aromatic rings. The number of benzene rings is 1. The van der Waals surface area contributed by atoms with Crippen LogP contribution in [0.25, 0.3) is 0 Å². The lowest BCUT2D eigenvalue weighted by molar-refractivity contribution is 0.242. The van der Waals surface area contributed by atoms with Crippen molar-refractivity contribution in [3.63, 3.8) is 0 Å². The molecule has 0 saturated carbocycles. The van der Waals surface area contributed by atoms with Crippen molar-refractivity contribution in [2.75, 3.05) is 31.5 Å². The molecule has 3 N–H and O–H groups in total. The summed E-state index contributed by atoms with van der Waals surface area (Å²) >= 11 is 0. The number of ether oxygens (including phenoxy) is 1. The standard InChI is InChI=1S/C17H28N4O.HI/c1-4-21-10-9-14(12-21)11-19-17(18)20-15-5-7-16(8-6-15)22-13(2)3;/h5-8,13-14H,4,9-12H2,1-3H3,(H3,18,19,20);1H. The van der Waals surface area contributed by atoms with Gasteiger partial charge in [-0.15, -0.1) is 24.0 Å². The third kappa shape index (κ3) is 6.95. The molecule has 0 aromatic heterocycles. The second-order valence-electron chi connectivity index (χ2n) is 6.09. The summed E-state index contributed by atoms with van der Waals surface area (Å²) < 4.78 is 5.62. The molecule has 5 nitrogen and oxygen atoms in total. The molecule has 1 aliphatic heterocycles. The SMILES string of the molecule is CCN1CCC(CN=C(N)Nc2ccc(OC(C)C)cc2)C1.I. The van der Waals surface area contributed by atoms with E-state index in [1.165, 1.54) is 13.0 Å². The summed E-state index contributed by atoms with van der Waals surface area (Å²) in [6.45, 7) is 10.5. The van der Waals surface area contributed by atoms with E-state index in [4.69, 9.17) is 10.5 Å². The molecule has 0 bridgehead atoms. The quantitative estimate of drug-likeness (QED) is 0.412. The fraction of sp³-hybridized carbons (Fsp3) is 0.588. The molecule has 1 saturated heterocycles. The third-order valence-corrected chi connectivity index (χ3v) is 3.84. The molecule has 1 unspecified atom stereocenters. The van der Waals surface area contributed by atoms with Crippen molar-refractivity contribution in [1.82, 2.24) is 4.90 Å². The first-order chi connectivity index (χ1) is 10.6. The third-order valence-electron chi connectivity index (χ3n) is 3.84. The van der Waals surface area contributed by atoms with Crippen LogP contribution in [0, 0.1) is 5.92 Å². The largest absolute Gasteiger partial charge is 0.491 e. The molecular formula is C17H29IN4O. The van der Waals surface area contributed by atoms with E-state index in [2.05, 4.69) is 22.1 Å². The first-order valence-electron chi connectivity index (χ1n) is 8.12. The van der Waals surface area contributed by atoms with Gasteiger partial charge in [0.05, 0.1) is 6.10 Å². The number of nitrogens with two attached hydrogens (primary N) is 1. The van der Waals surface area contributed by atoms with E-state index in [1.54, 1.807) is 0 Å². The minimum absolute atomic E-state index is 0. The predicted octanol–water partition coefficient (Wildman–Crippen LogP) is 3.16. The average Bonchev–Trinajstić information content (AvgIpc) is 2.95. The van der Waals surface area contributed by atoms with Gasteiger partial charge < -0.3 is 20.7 Å². The molecule has 1 aromatic carbocycles. The number of hydrogen-bond acceptors (Lipinski definition) is 3. The molecule has 1 heterocycles. The lowest BCUT2D eigenvalue weighted by Gasteiger charge is -2.12. The second-order valence-corrected chi connectivity index (χ2v) is 6.09. The van der Waals surface area contributed by atoms with Crippen LogP contribution in [0.5, 0.6) is 5.75 Å². The molecule has 0 radical (unpaired) electrons. The summed E-state index contributed by atoms with van der Waals surface area (Å²) in [5.41, 5.74) is 6.89. The molecule has 1 aliphatic rings. The zero-order valence-corrected chi connectivity index (χ0v) is 16.6. The minimum atomic E-state index is 0. The van der Waals surface area contributed by atoms with Crippen LogP contribution < -0.4 is 15.8 Å². The highest BCUT2D eigenvalue weighted by Crippen LogP contribution is 2.17. The smallest absolute Gasteiger partial charge is 0.193 e. The molecule has 6 heteroatoms. The van der Waals surface area contributed by atoms with Gasteiger partial charge in [0.15, 0.2) is 5.96 Å².